The normalized spacial score (nSPS) is 19.4. The van der Waals surface area contributed by atoms with Crippen molar-refractivity contribution in [1.29, 1.82) is 0 Å². The Morgan fingerprint density at radius 1 is 0.711 bits per heavy atom. The van der Waals surface area contributed by atoms with Crippen LogP contribution >= 0.6 is 0 Å². The lowest BCUT2D eigenvalue weighted by Gasteiger charge is -2.49. The Bertz CT molecular complexity index is 1640. The Morgan fingerprint density at radius 2 is 1.33 bits per heavy atom. The monoisotopic (exact) mass is 603 g/mol. The number of ether oxygens (including phenoxy) is 2. The van der Waals surface area contributed by atoms with E-state index in [4.69, 9.17) is 9.47 Å². The number of hydrogen-bond donors (Lipinski definition) is 0. The highest BCUT2D eigenvalue weighted by Crippen LogP contribution is 2.55. The number of nitrogens with zero attached hydrogens (tertiary/aromatic N) is 1. The topological polar surface area (TPSA) is 55.8 Å². The summed E-state index contributed by atoms with van der Waals surface area (Å²) in [6.07, 6.45) is 2.47. The predicted octanol–water partition coefficient (Wildman–Crippen LogP) is 8.86. The summed E-state index contributed by atoms with van der Waals surface area (Å²) in [5.41, 5.74) is 7.65. The van der Waals surface area contributed by atoms with Crippen LogP contribution in [0.1, 0.15) is 88.5 Å². The molecule has 6 rings (SSSR count). The van der Waals surface area contributed by atoms with Gasteiger partial charge >= 0.3 is 0 Å². The quantitative estimate of drug-likeness (QED) is 0.257. The Labute approximate surface area is 267 Å². The molecule has 0 aromatic heterocycles. The molecule has 0 bridgehead atoms. The largest absolute Gasteiger partial charge is 0.490 e. The van der Waals surface area contributed by atoms with Gasteiger partial charge in [0.1, 0.15) is 6.61 Å². The third kappa shape index (κ3) is 6.36. The number of carbonyl (C=O) groups is 2. The second-order valence-electron chi connectivity index (χ2n) is 14.5. The second kappa shape index (κ2) is 12.0. The number of benzene rings is 3. The summed E-state index contributed by atoms with van der Waals surface area (Å²) in [5, 5.41) is 0. The molecule has 0 saturated heterocycles. The van der Waals surface area contributed by atoms with Crippen molar-refractivity contribution in [1.82, 2.24) is 4.90 Å². The first kappa shape index (κ1) is 30.9. The molecule has 0 fully saturated rings. The standard InChI is InChI=1S/C40H45NO4/c1-7-44-35-19-29(16-17-34(35)45-25-28-15-11-12-26(2)18-28)36-37-30(20-39(3,4)22-32(37)42)41(24-27-13-9-8-10-14-27)31-21-40(5,6)23-33(43)38(31)36/h8-19,36H,7,20-25H2,1-6H3. The highest BCUT2D eigenvalue weighted by molar-refractivity contribution is 6.06. The maximum absolute atomic E-state index is 14.2. The number of ketones is 2. The number of allylic oxidation sites excluding steroid dienone is 4. The van der Waals surface area contributed by atoms with Crippen LogP contribution < -0.4 is 9.47 Å². The van der Waals surface area contributed by atoms with E-state index in [-0.39, 0.29) is 22.4 Å². The number of hydrogen-bond acceptors (Lipinski definition) is 5. The second-order valence-corrected chi connectivity index (χ2v) is 14.5. The molecule has 0 radical (unpaired) electrons. The first-order valence-electron chi connectivity index (χ1n) is 16.2. The van der Waals surface area contributed by atoms with E-state index in [9.17, 15) is 9.59 Å². The van der Waals surface area contributed by atoms with Crippen LogP contribution in [0.3, 0.4) is 0 Å². The number of rotatable bonds is 8. The summed E-state index contributed by atoms with van der Waals surface area (Å²) in [6.45, 7) is 14.3. The molecule has 3 aliphatic rings. The Kier molecular flexibility index (Phi) is 8.24. The van der Waals surface area contributed by atoms with Gasteiger partial charge in [-0.15, -0.1) is 0 Å². The molecule has 45 heavy (non-hydrogen) atoms. The Morgan fingerprint density at radius 3 is 1.93 bits per heavy atom. The molecule has 0 saturated carbocycles. The molecule has 0 atom stereocenters. The molecule has 5 heteroatoms. The lowest BCUT2D eigenvalue weighted by molar-refractivity contribution is -0.119. The molecule has 3 aromatic carbocycles. The van der Waals surface area contributed by atoms with Crippen molar-refractivity contribution in [3.05, 3.63) is 118 Å². The Balaban J connectivity index is 1.48. The minimum atomic E-state index is -0.431. The number of Topliss-reactive ketones (excluding diaryl/α,β-unsaturated/α-hetero) is 2. The van der Waals surface area contributed by atoms with Crippen LogP contribution in [0.25, 0.3) is 0 Å². The summed E-state index contributed by atoms with van der Waals surface area (Å²) >= 11 is 0. The minimum Gasteiger partial charge on any atom is -0.490 e. The van der Waals surface area contributed by atoms with E-state index in [0.29, 0.717) is 44.1 Å². The van der Waals surface area contributed by atoms with Gasteiger partial charge < -0.3 is 14.4 Å². The van der Waals surface area contributed by atoms with Gasteiger partial charge in [0.2, 0.25) is 0 Å². The fourth-order valence-corrected chi connectivity index (χ4v) is 7.39. The zero-order chi connectivity index (χ0) is 31.9. The molecular formula is C40H45NO4. The lowest BCUT2D eigenvalue weighted by atomic mass is 9.63. The first-order chi connectivity index (χ1) is 21.4. The molecule has 2 aliphatic carbocycles. The molecule has 3 aromatic rings. The van der Waals surface area contributed by atoms with Crippen LogP contribution in [0.5, 0.6) is 11.5 Å². The lowest BCUT2D eigenvalue weighted by Crippen LogP contribution is -2.44. The van der Waals surface area contributed by atoms with E-state index < -0.39 is 5.92 Å². The Hall–Kier alpha value is -4.12. The smallest absolute Gasteiger partial charge is 0.162 e. The van der Waals surface area contributed by atoms with Crippen molar-refractivity contribution in [3.8, 4) is 11.5 Å². The fourth-order valence-electron chi connectivity index (χ4n) is 7.39. The van der Waals surface area contributed by atoms with Gasteiger partial charge in [-0.25, -0.2) is 0 Å². The van der Waals surface area contributed by atoms with E-state index in [1.165, 1.54) is 5.56 Å². The van der Waals surface area contributed by atoms with Crippen molar-refractivity contribution in [2.75, 3.05) is 6.61 Å². The third-order valence-electron chi connectivity index (χ3n) is 9.28. The first-order valence-corrected chi connectivity index (χ1v) is 16.2. The zero-order valence-corrected chi connectivity index (χ0v) is 27.5. The highest BCUT2D eigenvalue weighted by Gasteiger charge is 2.49. The molecule has 1 aliphatic heterocycles. The van der Waals surface area contributed by atoms with Crippen molar-refractivity contribution < 1.29 is 19.1 Å². The highest BCUT2D eigenvalue weighted by atomic mass is 16.5. The van der Waals surface area contributed by atoms with Gasteiger partial charge in [0.25, 0.3) is 0 Å². The summed E-state index contributed by atoms with van der Waals surface area (Å²) < 4.78 is 12.4. The molecule has 0 amide bonds. The average molecular weight is 604 g/mol. The zero-order valence-electron chi connectivity index (χ0n) is 27.5. The van der Waals surface area contributed by atoms with E-state index in [1.54, 1.807) is 0 Å². The van der Waals surface area contributed by atoms with Crippen LogP contribution in [0, 0.1) is 17.8 Å². The van der Waals surface area contributed by atoms with E-state index >= 15 is 0 Å². The van der Waals surface area contributed by atoms with Crippen molar-refractivity contribution in [2.45, 2.75) is 86.3 Å². The summed E-state index contributed by atoms with van der Waals surface area (Å²) in [5.74, 6) is 1.11. The van der Waals surface area contributed by atoms with Gasteiger partial charge in [-0.05, 0) is 66.3 Å². The van der Waals surface area contributed by atoms with E-state index in [2.05, 4.69) is 82.0 Å². The molecule has 1 heterocycles. The van der Waals surface area contributed by atoms with Gasteiger partial charge in [-0.2, -0.15) is 0 Å². The maximum atomic E-state index is 14.2. The summed E-state index contributed by atoms with van der Waals surface area (Å²) in [7, 11) is 0. The van der Waals surface area contributed by atoms with Crippen LogP contribution in [0.4, 0.5) is 0 Å². The van der Waals surface area contributed by atoms with Crippen LogP contribution in [-0.4, -0.2) is 23.1 Å². The molecule has 0 N–H and O–H groups in total. The predicted molar refractivity (Wildman–Crippen MR) is 178 cm³/mol. The van der Waals surface area contributed by atoms with Crippen molar-refractivity contribution in [2.24, 2.45) is 10.8 Å². The maximum Gasteiger partial charge on any atom is 0.162 e. The average Bonchev–Trinajstić information content (AvgIpc) is 2.97. The number of carbonyl (C=O) groups excluding carboxylic acids is 2. The van der Waals surface area contributed by atoms with Gasteiger partial charge in [-0.1, -0.05) is 93.9 Å². The van der Waals surface area contributed by atoms with Gasteiger partial charge in [0.15, 0.2) is 23.1 Å². The van der Waals surface area contributed by atoms with Crippen molar-refractivity contribution in [3.63, 3.8) is 0 Å². The van der Waals surface area contributed by atoms with Crippen LogP contribution in [0.15, 0.2) is 95.3 Å². The molecular weight excluding hydrogens is 558 g/mol. The molecule has 0 spiro atoms. The number of aryl methyl sites for hydroxylation is 1. The van der Waals surface area contributed by atoms with Gasteiger partial charge in [0.05, 0.1) is 6.61 Å². The molecule has 0 unspecified atom stereocenters. The van der Waals surface area contributed by atoms with Gasteiger partial charge in [0, 0.05) is 47.8 Å². The fraction of sp³-hybridized carbons (Fsp3) is 0.400. The van der Waals surface area contributed by atoms with Crippen LogP contribution in [-0.2, 0) is 22.7 Å². The van der Waals surface area contributed by atoms with Crippen LogP contribution in [0.2, 0.25) is 0 Å². The van der Waals surface area contributed by atoms with Gasteiger partial charge in [-0.3, -0.25) is 9.59 Å². The van der Waals surface area contributed by atoms with E-state index in [1.807, 2.05) is 37.3 Å². The van der Waals surface area contributed by atoms with Crippen molar-refractivity contribution >= 4 is 11.6 Å². The molecule has 234 valence electrons. The molecule has 5 nitrogen and oxygen atoms in total. The summed E-state index contributed by atoms with van der Waals surface area (Å²) in [4.78, 5) is 30.8. The summed E-state index contributed by atoms with van der Waals surface area (Å²) in [6, 6.07) is 24.6. The third-order valence-corrected chi connectivity index (χ3v) is 9.28. The SMILES string of the molecule is CCOc1cc(C2C3=C(CC(C)(C)CC3=O)N(Cc3ccccc3)C3=C2C(=O)CC(C)(C)C3)ccc1OCc1cccc(C)c1. The van der Waals surface area contributed by atoms with E-state index in [0.717, 1.165) is 52.1 Å². The minimum absolute atomic E-state index is 0.131.